The first-order valence-electron chi connectivity index (χ1n) is 11.5. The highest BCUT2D eigenvalue weighted by Gasteiger charge is 2.30. The second kappa shape index (κ2) is 9.66. The second-order valence-corrected chi connectivity index (χ2v) is 8.57. The number of anilines is 1. The number of nitrogens with one attached hydrogen (secondary N) is 1. The maximum Gasteiger partial charge on any atom is 0.264 e. The normalized spacial score (nSPS) is 16.3. The predicted octanol–water partition coefficient (Wildman–Crippen LogP) is 4.44. The van der Waals surface area contributed by atoms with Crippen LogP contribution in [-0.4, -0.2) is 29.6 Å². The zero-order valence-corrected chi connectivity index (χ0v) is 19.3. The van der Waals surface area contributed by atoms with Crippen molar-refractivity contribution in [2.24, 2.45) is 0 Å². The quantitative estimate of drug-likeness (QED) is 0.570. The first kappa shape index (κ1) is 22.7. The third kappa shape index (κ3) is 5.06. The Morgan fingerprint density at radius 3 is 2.54 bits per heavy atom. The molecule has 0 fully saturated rings. The molecule has 0 radical (unpaired) electrons. The van der Waals surface area contributed by atoms with E-state index in [1.165, 1.54) is 12.1 Å². The summed E-state index contributed by atoms with van der Waals surface area (Å²) in [6, 6.07) is 16.8. The third-order valence-corrected chi connectivity index (χ3v) is 6.02. The molecule has 2 aliphatic heterocycles. The fourth-order valence-corrected chi connectivity index (χ4v) is 4.23. The van der Waals surface area contributed by atoms with E-state index in [9.17, 15) is 14.0 Å². The predicted molar refractivity (Wildman–Crippen MR) is 127 cm³/mol. The number of ether oxygens (including phenoxy) is 3. The molecule has 0 bridgehead atoms. The molecule has 0 unspecified atom stereocenters. The molecule has 35 heavy (non-hydrogen) atoms. The van der Waals surface area contributed by atoms with Crippen LogP contribution in [0.4, 0.5) is 10.1 Å². The highest BCUT2D eigenvalue weighted by molar-refractivity contribution is 5.92. The van der Waals surface area contributed by atoms with Gasteiger partial charge in [-0.25, -0.2) is 4.39 Å². The first-order valence-corrected chi connectivity index (χ1v) is 11.5. The average Bonchev–Trinajstić information content (AvgIpc) is 3.27. The van der Waals surface area contributed by atoms with E-state index in [4.69, 9.17) is 14.2 Å². The van der Waals surface area contributed by atoms with E-state index in [0.29, 0.717) is 48.0 Å². The summed E-state index contributed by atoms with van der Waals surface area (Å²) in [4.78, 5) is 27.5. The van der Waals surface area contributed by atoms with Crippen LogP contribution in [0, 0.1) is 5.82 Å². The second-order valence-electron chi connectivity index (χ2n) is 8.57. The van der Waals surface area contributed by atoms with Gasteiger partial charge in [0.05, 0.1) is 6.42 Å². The Bertz CT molecular complexity index is 1260. The molecule has 3 aromatic carbocycles. The SMILES string of the molecule is CC[C@@H]1Oc2ccc(NC(=O)Cc3ccc(F)cc3)cc2CN(Cc2ccc3c(c2)OCO3)C1=O. The molecule has 7 nitrogen and oxygen atoms in total. The molecule has 0 spiro atoms. The van der Waals surface area contributed by atoms with Crippen LogP contribution in [0.2, 0.25) is 0 Å². The number of fused-ring (bicyclic) bond motifs is 2. The van der Waals surface area contributed by atoms with Gasteiger partial charge >= 0.3 is 0 Å². The summed E-state index contributed by atoms with van der Waals surface area (Å²) in [7, 11) is 0. The number of benzene rings is 3. The van der Waals surface area contributed by atoms with Crippen LogP contribution < -0.4 is 19.5 Å². The van der Waals surface area contributed by atoms with E-state index < -0.39 is 6.10 Å². The van der Waals surface area contributed by atoms with Crippen LogP contribution in [0.5, 0.6) is 17.2 Å². The zero-order chi connectivity index (χ0) is 24.4. The van der Waals surface area contributed by atoms with Crippen molar-refractivity contribution in [3.63, 3.8) is 0 Å². The number of hydrogen-bond donors (Lipinski definition) is 1. The monoisotopic (exact) mass is 476 g/mol. The lowest BCUT2D eigenvalue weighted by molar-refractivity contribution is -0.139. The smallest absolute Gasteiger partial charge is 0.264 e. The molecule has 0 aromatic heterocycles. The van der Waals surface area contributed by atoms with Gasteiger partial charge in [0, 0.05) is 24.3 Å². The highest BCUT2D eigenvalue weighted by Crippen LogP contribution is 2.34. The van der Waals surface area contributed by atoms with Crippen molar-refractivity contribution in [1.82, 2.24) is 4.90 Å². The topological polar surface area (TPSA) is 77.1 Å². The molecule has 1 atom stereocenters. The summed E-state index contributed by atoms with van der Waals surface area (Å²) in [6.45, 7) is 2.82. The van der Waals surface area contributed by atoms with Crippen LogP contribution in [0.25, 0.3) is 0 Å². The molecule has 1 N–H and O–H groups in total. The lowest BCUT2D eigenvalue weighted by atomic mass is 10.1. The van der Waals surface area contributed by atoms with E-state index >= 15 is 0 Å². The number of amides is 2. The van der Waals surface area contributed by atoms with Crippen molar-refractivity contribution in [2.75, 3.05) is 12.1 Å². The Hall–Kier alpha value is -4.07. The lowest BCUT2D eigenvalue weighted by Crippen LogP contribution is -2.38. The molecule has 3 aromatic rings. The van der Waals surface area contributed by atoms with Crippen molar-refractivity contribution in [3.8, 4) is 17.2 Å². The van der Waals surface area contributed by atoms with Gasteiger partial charge in [-0.15, -0.1) is 0 Å². The van der Waals surface area contributed by atoms with E-state index in [2.05, 4.69) is 5.32 Å². The maximum absolute atomic E-state index is 13.2. The average molecular weight is 477 g/mol. The Balaban J connectivity index is 1.34. The summed E-state index contributed by atoms with van der Waals surface area (Å²) < 4.78 is 30.0. The number of carbonyl (C=O) groups is 2. The molecule has 0 saturated heterocycles. The number of halogens is 1. The maximum atomic E-state index is 13.2. The summed E-state index contributed by atoms with van der Waals surface area (Å²) in [6.07, 6.45) is 0.0659. The number of hydrogen-bond acceptors (Lipinski definition) is 5. The minimum atomic E-state index is -0.593. The van der Waals surface area contributed by atoms with Gasteiger partial charge < -0.3 is 24.4 Å². The van der Waals surface area contributed by atoms with Gasteiger partial charge in [-0.3, -0.25) is 9.59 Å². The van der Waals surface area contributed by atoms with Crippen molar-refractivity contribution < 1.29 is 28.2 Å². The zero-order valence-electron chi connectivity index (χ0n) is 19.3. The third-order valence-electron chi connectivity index (χ3n) is 6.02. The molecule has 2 heterocycles. The summed E-state index contributed by atoms with van der Waals surface area (Å²) in [5.41, 5.74) is 3.04. The van der Waals surface area contributed by atoms with Gasteiger partial charge in [-0.1, -0.05) is 25.1 Å². The van der Waals surface area contributed by atoms with Crippen molar-refractivity contribution in [2.45, 2.75) is 39.0 Å². The molecular formula is C27H25FN2O5. The fourth-order valence-electron chi connectivity index (χ4n) is 4.23. The molecule has 5 rings (SSSR count). The Morgan fingerprint density at radius 2 is 1.74 bits per heavy atom. The standard InChI is InChI=1S/C27H25FN2O5/c1-2-22-27(32)30(14-18-5-9-24-25(11-18)34-16-33-24)15-19-13-21(8-10-23(19)35-22)29-26(31)12-17-3-6-20(28)7-4-17/h3-11,13,22H,2,12,14-16H2,1H3,(H,29,31)/t22-/m0/s1. The Labute approximate surface area is 202 Å². The van der Waals surface area contributed by atoms with Gasteiger partial charge in [-0.05, 0) is 60.0 Å². The number of nitrogens with zero attached hydrogens (tertiary/aromatic N) is 1. The Kier molecular flexibility index (Phi) is 6.27. The van der Waals surface area contributed by atoms with E-state index in [1.807, 2.05) is 31.2 Å². The van der Waals surface area contributed by atoms with Crippen molar-refractivity contribution in [3.05, 3.63) is 83.2 Å². The lowest BCUT2D eigenvalue weighted by Gasteiger charge is -2.23. The van der Waals surface area contributed by atoms with Crippen molar-refractivity contribution >= 4 is 17.5 Å². The van der Waals surface area contributed by atoms with E-state index in [1.54, 1.807) is 29.2 Å². The van der Waals surface area contributed by atoms with Gasteiger partial charge in [0.2, 0.25) is 12.7 Å². The number of rotatable bonds is 6. The van der Waals surface area contributed by atoms with Crippen LogP contribution in [0.15, 0.2) is 60.7 Å². The van der Waals surface area contributed by atoms with Crippen LogP contribution in [-0.2, 0) is 29.1 Å². The molecule has 0 aliphatic carbocycles. The molecule has 0 saturated carbocycles. The van der Waals surface area contributed by atoms with E-state index in [0.717, 1.165) is 11.1 Å². The minimum Gasteiger partial charge on any atom is -0.480 e. The van der Waals surface area contributed by atoms with Crippen molar-refractivity contribution in [1.29, 1.82) is 0 Å². The first-order chi connectivity index (χ1) is 17.0. The Morgan fingerprint density at radius 1 is 1.00 bits per heavy atom. The fraction of sp³-hybridized carbons (Fsp3) is 0.259. The van der Waals surface area contributed by atoms with Crippen LogP contribution in [0.1, 0.15) is 30.0 Å². The van der Waals surface area contributed by atoms with Gasteiger partial charge in [-0.2, -0.15) is 0 Å². The van der Waals surface area contributed by atoms with Gasteiger partial charge in [0.15, 0.2) is 17.6 Å². The molecular weight excluding hydrogens is 451 g/mol. The summed E-state index contributed by atoms with van der Waals surface area (Å²) in [5, 5.41) is 2.88. The summed E-state index contributed by atoms with van der Waals surface area (Å²) >= 11 is 0. The molecule has 180 valence electrons. The largest absolute Gasteiger partial charge is 0.480 e. The molecule has 8 heteroatoms. The highest BCUT2D eigenvalue weighted by atomic mass is 19.1. The minimum absolute atomic E-state index is 0.0942. The van der Waals surface area contributed by atoms with Crippen LogP contribution >= 0.6 is 0 Å². The van der Waals surface area contributed by atoms with Crippen LogP contribution in [0.3, 0.4) is 0 Å². The van der Waals surface area contributed by atoms with E-state index in [-0.39, 0.29) is 30.8 Å². The van der Waals surface area contributed by atoms with Gasteiger partial charge in [0.25, 0.3) is 5.91 Å². The molecule has 2 aliphatic rings. The van der Waals surface area contributed by atoms with Gasteiger partial charge in [0.1, 0.15) is 11.6 Å². The molecule has 2 amide bonds. The summed E-state index contributed by atoms with van der Waals surface area (Å²) in [5.74, 6) is 1.32. The number of carbonyl (C=O) groups excluding carboxylic acids is 2.